The topological polar surface area (TPSA) is 0 Å². The van der Waals surface area contributed by atoms with E-state index < -0.39 is 0 Å². The van der Waals surface area contributed by atoms with Gasteiger partial charge in [-0.3, -0.25) is 0 Å². The second-order valence-electron chi connectivity index (χ2n) is 14.2. The molecule has 0 spiro atoms. The lowest BCUT2D eigenvalue weighted by molar-refractivity contribution is 1.55. The van der Waals surface area contributed by atoms with Crippen LogP contribution in [0.1, 0.15) is 16.7 Å². The number of rotatable bonds is 6. The molecule has 0 aliphatic rings. The fraction of sp³-hybridized carbons (Fsp3) is 0. The predicted molar refractivity (Wildman–Crippen MR) is 235 cm³/mol. The fourth-order valence-electron chi connectivity index (χ4n) is 8.51. The first-order chi connectivity index (χ1) is 26.6. The Balaban J connectivity index is 1.14. The lowest BCUT2D eigenvalue weighted by Crippen LogP contribution is -1.97. The zero-order valence-corrected chi connectivity index (χ0v) is 29.9. The largest absolute Gasteiger partial charge is 0.0984 e. The van der Waals surface area contributed by atoms with E-state index in [1.807, 2.05) is 6.08 Å². The molecular formula is C54H36. The summed E-state index contributed by atoms with van der Waals surface area (Å²) in [6.45, 7) is 9.16. The first kappa shape index (κ1) is 31.7. The molecule has 0 atom stereocenters. The molecule has 0 fully saturated rings. The van der Waals surface area contributed by atoms with Crippen LogP contribution in [0, 0.1) is 0 Å². The molecule has 0 nitrogen and oxygen atoms in total. The van der Waals surface area contributed by atoms with Crippen molar-refractivity contribution in [1.82, 2.24) is 0 Å². The Morgan fingerprint density at radius 1 is 0.370 bits per heavy atom. The molecular weight excluding hydrogens is 649 g/mol. The molecule has 0 heteroatoms. The molecule has 10 rings (SSSR count). The quantitative estimate of drug-likeness (QED) is 0.153. The number of hydrogen-bond donors (Lipinski definition) is 0. The van der Waals surface area contributed by atoms with Crippen molar-refractivity contribution >= 4 is 65.5 Å². The normalized spacial score (nSPS) is 11.5. The Kier molecular flexibility index (Phi) is 7.56. The highest BCUT2D eigenvalue weighted by atomic mass is 14.2. The summed E-state index contributed by atoms with van der Waals surface area (Å²) >= 11 is 0. The van der Waals surface area contributed by atoms with Gasteiger partial charge in [-0.25, -0.2) is 0 Å². The number of hydrogen-bond acceptors (Lipinski definition) is 0. The fourth-order valence-corrected chi connectivity index (χ4v) is 8.51. The van der Waals surface area contributed by atoms with Gasteiger partial charge in [-0.15, -0.1) is 0 Å². The van der Waals surface area contributed by atoms with Crippen molar-refractivity contribution in [2.75, 3.05) is 0 Å². The molecule has 0 aliphatic carbocycles. The number of fused-ring (bicyclic) bond motifs is 5. The summed E-state index contributed by atoms with van der Waals surface area (Å²) in [5.74, 6) is 0. The van der Waals surface area contributed by atoms with Gasteiger partial charge in [-0.2, -0.15) is 0 Å². The standard InChI is InChI=1S/C54H36/c1-3-46-47(21-12-22-48(46)43-29-25-37-14-5-7-16-40(37)32-43)35(2)53-49-17-8-10-19-51(49)54(52-20-11-9-18-50(52)53)44-30-26-38-24-28-42(33-45(38)34-44)41-27-23-36-13-4-6-15-39(36)31-41/h3-34H,1-2H2. The minimum Gasteiger partial charge on any atom is -0.0984 e. The van der Waals surface area contributed by atoms with E-state index in [0.717, 1.165) is 27.8 Å². The first-order valence-electron chi connectivity index (χ1n) is 18.6. The molecule has 0 radical (unpaired) electrons. The minimum atomic E-state index is 0.991. The lowest BCUT2D eigenvalue weighted by Gasteiger charge is -2.21. The predicted octanol–water partition coefficient (Wildman–Crippen LogP) is 15.2. The van der Waals surface area contributed by atoms with E-state index in [4.69, 9.17) is 6.58 Å². The Morgan fingerprint density at radius 2 is 0.815 bits per heavy atom. The summed E-state index contributed by atoms with van der Waals surface area (Å²) in [6.07, 6.45) is 1.99. The Hall–Kier alpha value is -7.02. The van der Waals surface area contributed by atoms with Crippen LogP contribution in [-0.2, 0) is 0 Å². The van der Waals surface area contributed by atoms with E-state index in [0.29, 0.717) is 0 Å². The molecule has 0 amide bonds. The van der Waals surface area contributed by atoms with Gasteiger partial charge in [-0.1, -0.05) is 183 Å². The van der Waals surface area contributed by atoms with E-state index in [-0.39, 0.29) is 0 Å². The lowest BCUT2D eigenvalue weighted by atomic mass is 9.82. The molecule has 0 N–H and O–H groups in total. The average Bonchev–Trinajstić information content (AvgIpc) is 3.24. The van der Waals surface area contributed by atoms with E-state index in [9.17, 15) is 0 Å². The number of benzene rings is 10. The molecule has 0 aromatic heterocycles. The summed E-state index contributed by atoms with van der Waals surface area (Å²) in [7, 11) is 0. The highest BCUT2D eigenvalue weighted by molar-refractivity contribution is 6.20. The van der Waals surface area contributed by atoms with E-state index in [1.165, 1.54) is 81.7 Å². The highest BCUT2D eigenvalue weighted by Gasteiger charge is 2.20. The SMILES string of the molecule is C=Cc1c(C(=C)c2c3ccccc3c(-c3ccc4ccc(-c5ccc6ccccc6c5)cc4c3)c3ccccc23)cccc1-c1ccc2ccccc2c1. The molecule has 0 saturated heterocycles. The Bertz CT molecular complexity index is 3080. The van der Waals surface area contributed by atoms with Crippen molar-refractivity contribution in [3.63, 3.8) is 0 Å². The molecule has 10 aromatic rings. The van der Waals surface area contributed by atoms with Gasteiger partial charge in [0, 0.05) is 0 Å². The third-order valence-corrected chi connectivity index (χ3v) is 11.1. The zero-order valence-electron chi connectivity index (χ0n) is 29.9. The van der Waals surface area contributed by atoms with Crippen molar-refractivity contribution < 1.29 is 0 Å². The van der Waals surface area contributed by atoms with Gasteiger partial charge in [0.25, 0.3) is 0 Å². The van der Waals surface area contributed by atoms with Crippen LogP contribution in [0.2, 0.25) is 0 Å². The summed E-state index contributed by atoms with van der Waals surface area (Å²) in [6, 6.07) is 68.4. The summed E-state index contributed by atoms with van der Waals surface area (Å²) in [5.41, 5.74) is 11.5. The van der Waals surface area contributed by atoms with Gasteiger partial charge in [0.15, 0.2) is 0 Å². The second kappa shape index (κ2) is 12.9. The minimum absolute atomic E-state index is 0.991. The highest BCUT2D eigenvalue weighted by Crippen LogP contribution is 2.45. The zero-order chi connectivity index (χ0) is 36.2. The molecule has 0 aliphatic heterocycles. The molecule has 252 valence electrons. The molecule has 10 aromatic carbocycles. The van der Waals surface area contributed by atoms with Gasteiger partial charge in [0.1, 0.15) is 0 Å². The third-order valence-electron chi connectivity index (χ3n) is 11.1. The van der Waals surface area contributed by atoms with Crippen LogP contribution in [0.5, 0.6) is 0 Å². The van der Waals surface area contributed by atoms with Crippen LogP contribution in [0.25, 0.3) is 98.9 Å². The van der Waals surface area contributed by atoms with Gasteiger partial charge < -0.3 is 0 Å². The van der Waals surface area contributed by atoms with Crippen LogP contribution < -0.4 is 0 Å². The molecule has 0 saturated carbocycles. The van der Waals surface area contributed by atoms with E-state index in [2.05, 4.69) is 195 Å². The van der Waals surface area contributed by atoms with Gasteiger partial charge in [0.05, 0.1) is 0 Å². The average molecular weight is 685 g/mol. The third kappa shape index (κ3) is 5.23. The van der Waals surface area contributed by atoms with E-state index >= 15 is 0 Å². The van der Waals surface area contributed by atoms with Crippen LogP contribution in [-0.4, -0.2) is 0 Å². The monoisotopic (exact) mass is 684 g/mol. The van der Waals surface area contributed by atoms with Crippen molar-refractivity contribution in [3.8, 4) is 33.4 Å². The van der Waals surface area contributed by atoms with Crippen molar-refractivity contribution in [3.05, 3.63) is 218 Å². The second-order valence-corrected chi connectivity index (χ2v) is 14.2. The first-order valence-corrected chi connectivity index (χ1v) is 18.6. The molecule has 0 heterocycles. The maximum absolute atomic E-state index is 4.84. The van der Waals surface area contributed by atoms with Gasteiger partial charge in [-0.05, 0) is 134 Å². The maximum atomic E-state index is 4.84. The van der Waals surface area contributed by atoms with Gasteiger partial charge in [0.2, 0.25) is 0 Å². The Morgan fingerprint density at radius 3 is 1.41 bits per heavy atom. The van der Waals surface area contributed by atoms with Crippen LogP contribution in [0.15, 0.2) is 201 Å². The van der Waals surface area contributed by atoms with Crippen molar-refractivity contribution in [2.45, 2.75) is 0 Å². The molecule has 0 bridgehead atoms. The van der Waals surface area contributed by atoms with Crippen molar-refractivity contribution in [1.29, 1.82) is 0 Å². The van der Waals surface area contributed by atoms with Crippen LogP contribution in [0.4, 0.5) is 0 Å². The van der Waals surface area contributed by atoms with Crippen LogP contribution >= 0.6 is 0 Å². The summed E-state index contributed by atoms with van der Waals surface area (Å²) in [5, 5.41) is 12.2. The maximum Gasteiger partial charge on any atom is -0.00261 e. The summed E-state index contributed by atoms with van der Waals surface area (Å²) < 4.78 is 0. The molecule has 54 heavy (non-hydrogen) atoms. The van der Waals surface area contributed by atoms with E-state index in [1.54, 1.807) is 0 Å². The smallest absolute Gasteiger partial charge is 0.00261 e. The van der Waals surface area contributed by atoms with Crippen LogP contribution in [0.3, 0.4) is 0 Å². The Labute approximate surface area is 315 Å². The summed E-state index contributed by atoms with van der Waals surface area (Å²) in [4.78, 5) is 0. The van der Waals surface area contributed by atoms with Crippen molar-refractivity contribution in [2.24, 2.45) is 0 Å². The molecule has 0 unspecified atom stereocenters. The van der Waals surface area contributed by atoms with Gasteiger partial charge >= 0.3 is 0 Å².